The number of rotatable bonds is 4. The molecule has 0 bridgehead atoms. The number of fused-ring (bicyclic) bond motifs is 1. The molecule has 0 fully saturated rings. The highest BCUT2D eigenvalue weighted by Gasteiger charge is 2.15. The third-order valence-corrected chi connectivity index (χ3v) is 5.25. The maximum atomic E-state index is 13.1. The number of halogens is 2. The van der Waals surface area contributed by atoms with E-state index in [0.29, 0.717) is 38.3 Å². The molecule has 4 rings (SSSR count). The Balaban J connectivity index is 1.82. The van der Waals surface area contributed by atoms with Crippen LogP contribution in [0.3, 0.4) is 0 Å². The summed E-state index contributed by atoms with van der Waals surface area (Å²) in [4.78, 5) is 17.8. The first-order valence-electron chi connectivity index (χ1n) is 8.86. The van der Waals surface area contributed by atoms with E-state index < -0.39 is 0 Å². The molecule has 1 aromatic heterocycles. The Hall–Kier alpha value is -3.08. The van der Waals surface area contributed by atoms with Gasteiger partial charge in [-0.1, -0.05) is 53.5 Å². The van der Waals surface area contributed by atoms with E-state index in [1.54, 1.807) is 31.4 Å². The first-order chi connectivity index (χ1) is 14.0. The Kier molecular flexibility index (Phi) is 5.38. The molecule has 144 valence electrons. The second-order valence-corrected chi connectivity index (χ2v) is 7.20. The monoisotopic (exact) mass is 422 g/mol. The molecule has 4 aromatic rings. The van der Waals surface area contributed by atoms with Gasteiger partial charge in [-0.3, -0.25) is 4.79 Å². The number of carbonyl (C=O) groups is 1. The number of hydrogen-bond acceptors (Lipinski definition) is 3. The lowest BCUT2D eigenvalue weighted by molar-refractivity contribution is 0.102. The minimum absolute atomic E-state index is 0.266. The van der Waals surface area contributed by atoms with E-state index in [-0.39, 0.29) is 5.91 Å². The molecule has 3 aromatic carbocycles. The minimum atomic E-state index is -0.266. The van der Waals surface area contributed by atoms with Crippen LogP contribution in [0.4, 0.5) is 5.69 Å². The van der Waals surface area contributed by atoms with Crippen LogP contribution in [0, 0.1) is 0 Å². The number of hydrogen-bond donors (Lipinski definition) is 1. The molecule has 0 spiro atoms. The number of pyridine rings is 1. The number of benzene rings is 3. The van der Waals surface area contributed by atoms with Crippen LogP contribution in [0.2, 0.25) is 10.0 Å². The van der Waals surface area contributed by atoms with Crippen molar-refractivity contribution >= 4 is 45.7 Å². The predicted molar refractivity (Wildman–Crippen MR) is 118 cm³/mol. The first kappa shape index (κ1) is 19.2. The molecule has 4 nitrogen and oxygen atoms in total. The van der Waals surface area contributed by atoms with Gasteiger partial charge < -0.3 is 10.1 Å². The highest BCUT2D eigenvalue weighted by Crippen LogP contribution is 2.29. The molecule has 0 unspecified atom stereocenters. The van der Waals surface area contributed by atoms with E-state index >= 15 is 0 Å². The van der Waals surface area contributed by atoms with Gasteiger partial charge in [0, 0.05) is 22.7 Å². The Morgan fingerprint density at radius 1 is 0.931 bits per heavy atom. The lowest BCUT2D eigenvalue weighted by atomic mass is 10.0. The third-order valence-electron chi connectivity index (χ3n) is 4.51. The number of ether oxygens (including phenoxy) is 1. The molecule has 1 amide bonds. The molecular formula is C23H16Cl2N2O2. The summed E-state index contributed by atoms with van der Waals surface area (Å²) in [6.45, 7) is 0. The average molecular weight is 423 g/mol. The molecule has 0 aliphatic heterocycles. The third kappa shape index (κ3) is 4.04. The fourth-order valence-electron chi connectivity index (χ4n) is 3.05. The standard InChI is InChI=1S/C23H16Cl2N2O2/c1-29-16-8-9-17-18(23(28)26-15-7-10-19(24)20(25)11-15)13-21(27-22(17)12-16)14-5-3-2-4-6-14/h2-13H,1H3,(H,26,28). The molecule has 1 N–H and O–H groups in total. The fraction of sp³-hybridized carbons (Fsp3) is 0.0435. The Morgan fingerprint density at radius 3 is 2.45 bits per heavy atom. The predicted octanol–water partition coefficient (Wildman–Crippen LogP) is 6.47. The molecule has 1 heterocycles. The van der Waals surface area contributed by atoms with Gasteiger partial charge in [0.05, 0.1) is 33.9 Å². The number of nitrogens with one attached hydrogen (secondary N) is 1. The molecule has 0 aliphatic rings. The van der Waals surface area contributed by atoms with E-state index in [4.69, 9.17) is 32.9 Å². The van der Waals surface area contributed by atoms with Crippen molar-refractivity contribution in [2.45, 2.75) is 0 Å². The Bertz CT molecular complexity index is 1210. The lowest BCUT2D eigenvalue weighted by Crippen LogP contribution is -2.13. The highest BCUT2D eigenvalue weighted by atomic mass is 35.5. The van der Waals surface area contributed by atoms with E-state index in [1.807, 2.05) is 48.5 Å². The van der Waals surface area contributed by atoms with Crippen molar-refractivity contribution < 1.29 is 9.53 Å². The molecule has 0 saturated carbocycles. The topological polar surface area (TPSA) is 51.2 Å². The molecule has 6 heteroatoms. The summed E-state index contributed by atoms with van der Waals surface area (Å²) in [6.07, 6.45) is 0. The number of amides is 1. The number of nitrogens with zero attached hydrogens (tertiary/aromatic N) is 1. The maximum absolute atomic E-state index is 13.1. The van der Waals surface area contributed by atoms with Gasteiger partial charge in [0.2, 0.25) is 0 Å². The molecule has 0 radical (unpaired) electrons. The molecule has 0 aliphatic carbocycles. The van der Waals surface area contributed by atoms with Crippen molar-refractivity contribution in [3.63, 3.8) is 0 Å². The van der Waals surface area contributed by atoms with E-state index in [2.05, 4.69) is 5.32 Å². The SMILES string of the molecule is COc1ccc2c(C(=O)Nc3ccc(Cl)c(Cl)c3)cc(-c3ccccc3)nc2c1. The highest BCUT2D eigenvalue weighted by molar-refractivity contribution is 6.42. The van der Waals surface area contributed by atoms with Gasteiger partial charge in [0.25, 0.3) is 5.91 Å². The summed E-state index contributed by atoms with van der Waals surface area (Å²) in [5, 5.41) is 4.41. The van der Waals surface area contributed by atoms with Crippen LogP contribution in [0.1, 0.15) is 10.4 Å². The van der Waals surface area contributed by atoms with Crippen molar-refractivity contribution in [3.05, 3.63) is 88.4 Å². The lowest BCUT2D eigenvalue weighted by Gasteiger charge is -2.12. The molecule has 29 heavy (non-hydrogen) atoms. The van der Waals surface area contributed by atoms with Crippen LogP contribution in [-0.2, 0) is 0 Å². The van der Waals surface area contributed by atoms with Gasteiger partial charge in [-0.15, -0.1) is 0 Å². The summed E-state index contributed by atoms with van der Waals surface area (Å²) in [5.41, 5.74) is 3.35. The van der Waals surface area contributed by atoms with Crippen molar-refractivity contribution in [1.82, 2.24) is 4.98 Å². The number of anilines is 1. The van der Waals surface area contributed by atoms with Crippen molar-refractivity contribution in [3.8, 4) is 17.0 Å². The second-order valence-electron chi connectivity index (χ2n) is 6.39. The number of carbonyl (C=O) groups excluding carboxylic acids is 1. The zero-order valence-corrected chi connectivity index (χ0v) is 17.0. The number of methoxy groups -OCH3 is 1. The van der Waals surface area contributed by atoms with E-state index in [0.717, 1.165) is 10.9 Å². The normalized spacial score (nSPS) is 10.7. The first-order valence-corrected chi connectivity index (χ1v) is 9.61. The van der Waals surface area contributed by atoms with Crippen molar-refractivity contribution in [2.75, 3.05) is 12.4 Å². The summed E-state index contributed by atoms with van der Waals surface area (Å²) in [7, 11) is 1.60. The van der Waals surface area contributed by atoms with Crippen LogP contribution in [0.15, 0.2) is 72.8 Å². The summed E-state index contributed by atoms with van der Waals surface area (Å²) in [5.74, 6) is 0.407. The largest absolute Gasteiger partial charge is 0.497 e. The van der Waals surface area contributed by atoms with Gasteiger partial charge >= 0.3 is 0 Å². The van der Waals surface area contributed by atoms with Crippen LogP contribution in [0.5, 0.6) is 5.75 Å². The van der Waals surface area contributed by atoms with Gasteiger partial charge in [-0.25, -0.2) is 4.98 Å². The fourth-order valence-corrected chi connectivity index (χ4v) is 3.35. The van der Waals surface area contributed by atoms with Gasteiger partial charge in [0.15, 0.2) is 0 Å². The van der Waals surface area contributed by atoms with Crippen LogP contribution in [0.25, 0.3) is 22.2 Å². The second kappa shape index (κ2) is 8.11. The van der Waals surface area contributed by atoms with Gasteiger partial charge in [-0.05, 0) is 36.4 Å². The van der Waals surface area contributed by atoms with Crippen molar-refractivity contribution in [2.24, 2.45) is 0 Å². The summed E-state index contributed by atoms with van der Waals surface area (Å²) in [6, 6.07) is 21.9. The van der Waals surface area contributed by atoms with E-state index in [1.165, 1.54) is 0 Å². The average Bonchev–Trinajstić information content (AvgIpc) is 2.75. The van der Waals surface area contributed by atoms with Crippen LogP contribution >= 0.6 is 23.2 Å². The molecule has 0 saturated heterocycles. The quantitative estimate of drug-likeness (QED) is 0.409. The van der Waals surface area contributed by atoms with Crippen LogP contribution < -0.4 is 10.1 Å². The summed E-state index contributed by atoms with van der Waals surface area (Å²) < 4.78 is 5.32. The maximum Gasteiger partial charge on any atom is 0.256 e. The van der Waals surface area contributed by atoms with Crippen LogP contribution in [-0.4, -0.2) is 18.0 Å². The van der Waals surface area contributed by atoms with Gasteiger partial charge in [0.1, 0.15) is 5.75 Å². The van der Waals surface area contributed by atoms with E-state index in [9.17, 15) is 4.79 Å². The van der Waals surface area contributed by atoms with Gasteiger partial charge in [-0.2, -0.15) is 0 Å². The minimum Gasteiger partial charge on any atom is -0.497 e. The zero-order chi connectivity index (χ0) is 20.4. The Morgan fingerprint density at radius 2 is 1.72 bits per heavy atom. The number of aromatic nitrogens is 1. The molecule has 0 atom stereocenters. The summed E-state index contributed by atoms with van der Waals surface area (Å²) >= 11 is 12.0. The zero-order valence-electron chi connectivity index (χ0n) is 15.4. The van der Waals surface area contributed by atoms with Crippen molar-refractivity contribution in [1.29, 1.82) is 0 Å². The Labute approximate surface area is 178 Å². The smallest absolute Gasteiger partial charge is 0.256 e. The molecular weight excluding hydrogens is 407 g/mol.